The number of hydrogen-bond donors (Lipinski definition) is 3. The molecular weight excluding hydrogens is 608 g/mol. The lowest BCUT2D eigenvalue weighted by molar-refractivity contribution is -0.156. The zero-order chi connectivity index (χ0) is 33.3. The molecular formula is C34H44N4O7S. The van der Waals surface area contributed by atoms with Crippen LogP contribution in [0.15, 0.2) is 48.5 Å². The summed E-state index contributed by atoms with van der Waals surface area (Å²) in [7, 11) is -4.02. The molecule has 5 rings (SSSR count). The third kappa shape index (κ3) is 7.44. The average molecular weight is 653 g/mol. The molecule has 12 heteroatoms. The van der Waals surface area contributed by atoms with E-state index in [2.05, 4.69) is 20.0 Å². The fourth-order valence-electron chi connectivity index (χ4n) is 6.82. The van der Waals surface area contributed by atoms with Gasteiger partial charge in [0.2, 0.25) is 21.9 Å². The van der Waals surface area contributed by atoms with Crippen molar-refractivity contribution in [2.45, 2.75) is 84.8 Å². The van der Waals surface area contributed by atoms with E-state index >= 15 is 0 Å². The molecule has 0 saturated heterocycles. The minimum Gasteiger partial charge on any atom is -0.494 e. The first-order valence-electron chi connectivity index (χ1n) is 15.8. The highest BCUT2D eigenvalue weighted by Gasteiger charge is 2.65. The normalized spacial score (nSPS) is 21.3. The highest BCUT2D eigenvalue weighted by atomic mass is 32.2. The number of nitrogens with one attached hydrogen (secondary N) is 3. The number of imidazole rings is 1. The van der Waals surface area contributed by atoms with Gasteiger partial charge in [-0.2, -0.15) is 0 Å². The number of aromatic amines is 1. The summed E-state index contributed by atoms with van der Waals surface area (Å²) in [4.78, 5) is 45.9. The van der Waals surface area contributed by atoms with Gasteiger partial charge in [0, 0.05) is 18.3 Å². The maximum atomic E-state index is 13.5. The SMILES string of the molecule is CC(C)(C)OC(=O)[C@H](Cc1ccc(OCCCC(=O)Nc2nc3ccccc3[nH]2)cc1)NS(=O)(=O)C[C@@]12CCC(CC1=O)C2(C)C. The fourth-order valence-corrected chi connectivity index (χ4v) is 8.85. The number of H-pyrrole nitrogens is 1. The number of para-hydroxylation sites is 2. The Bertz CT molecular complexity index is 1680. The molecule has 3 N–H and O–H groups in total. The van der Waals surface area contributed by atoms with E-state index in [1.54, 1.807) is 45.0 Å². The van der Waals surface area contributed by atoms with Crippen molar-refractivity contribution in [2.24, 2.45) is 16.7 Å². The number of aromatic nitrogens is 2. The Labute approximate surface area is 270 Å². The highest BCUT2D eigenvalue weighted by molar-refractivity contribution is 7.89. The van der Waals surface area contributed by atoms with Gasteiger partial charge >= 0.3 is 5.97 Å². The second kappa shape index (κ2) is 12.8. The Morgan fingerprint density at radius 1 is 1.11 bits per heavy atom. The van der Waals surface area contributed by atoms with Crippen molar-refractivity contribution in [3.63, 3.8) is 0 Å². The lowest BCUT2D eigenvalue weighted by Gasteiger charge is -2.36. The molecule has 2 aliphatic carbocycles. The van der Waals surface area contributed by atoms with Gasteiger partial charge < -0.3 is 14.5 Å². The molecule has 2 bridgehead atoms. The number of nitrogens with zero attached hydrogens (tertiary/aromatic N) is 1. The number of anilines is 1. The summed E-state index contributed by atoms with van der Waals surface area (Å²) in [6, 6.07) is 13.3. The molecule has 0 spiro atoms. The van der Waals surface area contributed by atoms with Gasteiger partial charge in [-0.3, -0.25) is 19.7 Å². The number of Topliss-reactive ketones (excluding diaryl/α,β-unsaturated/α-hetero) is 1. The van der Waals surface area contributed by atoms with Crippen LogP contribution in [-0.2, 0) is 35.6 Å². The summed E-state index contributed by atoms with van der Waals surface area (Å²) in [6.07, 6.45) is 2.56. The number of sulfonamides is 1. The Morgan fingerprint density at radius 2 is 1.83 bits per heavy atom. The van der Waals surface area contributed by atoms with Crippen molar-refractivity contribution in [3.8, 4) is 5.75 Å². The number of hydrogen-bond acceptors (Lipinski definition) is 8. The second-order valence-corrected chi connectivity index (χ2v) is 15.8. The smallest absolute Gasteiger partial charge is 0.325 e. The first kappa shape index (κ1) is 33.6. The van der Waals surface area contributed by atoms with E-state index in [4.69, 9.17) is 9.47 Å². The van der Waals surface area contributed by atoms with E-state index in [1.807, 2.05) is 38.1 Å². The fraction of sp³-hybridized carbons (Fsp3) is 0.529. The molecule has 2 aliphatic rings. The summed E-state index contributed by atoms with van der Waals surface area (Å²) >= 11 is 0. The molecule has 2 saturated carbocycles. The van der Waals surface area contributed by atoms with Crippen LogP contribution in [0, 0.1) is 16.7 Å². The first-order chi connectivity index (χ1) is 21.6. The lowest BCUT2D eigenvalue weighted by Crippen LogP contribution is -2.50. The molecule has 1 heterocycles. The summed E-state index contributed by atoms with van der Waals surface area (Å²) in [5.41, 5.74) is 0.129. The van der Waals surface area contributed by atoms with Crippen LogP contribution in [-0.4, -0.2) is 60.0 Å². The minimum atomic E-state index is -4.02. The monoisotopic (exact) mass is 652 g/mol. The molecule has 1 aromatic heterocycles. The molecule has 1 amide bonds. The lowest BCUT2D eigenvalue weighted by atomic mass is 9.70. The van der Waals surface area contributed by atoms with Crippen molar-refractivity contribution in [1.82, 2.24) is 14.7 Å². The van der Waals surface area contributed by atoms with Gasteiger partial charge in [-0.1, -0.05) is 38.1 Å². The van der Waals surface area contributed by atoms with Crippen molar-refractivity contribution in [2.75, 3.05) is 17.7 Å². The van der Waals surface area contributed by atoms with Crippen LogP contribution in [0.2, 0.25) is 0 Å². The van der Waals surface area contributed by atoms with Gasteiger partial charge in [0.05, 0.1) is 23.4 Å². The van der Waals surface area contributed by atoms with Crippen molar-refractivity contribution in [3.05, 3.63) is 54.1 Å². The summed E-state index contributed by atoms with van der Waals surface area (Å²) < 4.78 is 41.0. The maximum Gasteiger partial charge on any atom is 0.325 e. The molecule has 11 nitrogen and oxygen atoms in total. The van der Waals surface area contributed by atoms with Crippen LogP contribution < -0.4 is 14.8 Å². The molecule has 46 heavy (non-hydrogen) atoms. The van der Waals surface area contributed by atoms with Crippen LogP contribution >= 0.6 is 0 Å². The summed E-state index contributed by atoms with van der Waals surface area (Å²) in [5.74, 6) is -0.0547. The van der Waals surface area contributed by atoms with E-state index < -0.39 is 38.5 Å². The van der Waals surface area contributed by atoms with Gasteiger partial charge in [0.1, 0.15) is 23.2 Å². The number of fused-ring (bicyclic) bond motifs is 3. The molecule has 0 aliphatic heterocycles. The number of rotatable bonds is 13. The summed E-state index contributed by atoms with van der Waals surface area (Å²) in [5, 5.41) is 2.76. The number of carbonyl (C=O) groups excluding carboxylic acids is 3. The van der Waals surface area contributed by atoms with E-state index in [9.17, 15) is 22.8 Å². The number of carbonyl (C=O) groups is 3. The molecule has 1 unspecified atom stereocenters. The third-order valence-corrected chi connectivity index (χ3v) is 10.9. The van der Waals surface area contributed by atoms with Crippen molar-refractivity contribution >= 4 is 44.7 Å². The minimum absolute atomic E-state index is 0.00429. The van der Waals surface area contributed by atoms with Crippen LogP contribution in [0.3, 0.4) is 0 Å². The number of ketones is 1. The quantitative estimate of drug-likeness (QED) is 0.173. The topological polar surface area (TPSA) is 157 Å². The zero-order valence-corrected chi connectivity index (χ0v) is 28.0. The van der Waals surface area contributed by atoms with Crippen molar-refractivity contribution in [1.29, 1.82) is 0 Å². The molecule has 248 valence electrons. The largest absolute Gasteiger partial charge is 0.494 e. The van der Waals surface area contributed by atoms with Crippen LogP contribution in [0.4, 0.5) is 5.95 Å². The first-order valence-corrected chi connectivity index (χ1v) is 17.4. The standard InChI is InChI=1S/C34H44N4O7S/c1-32(2,3)45-30(41)27(38-46(42,43)21-34-17-16-23(20-28(34)39)33(34,4)5)19-22-12-14-24(15-13-22)44-18-8-11-29(40)37-31-35-25-9-6-7-10-26(25)36-31/h6-7,9-10,12-15,23,27,38H,8,11,16-21H2,1-5H3,(H2,35,36,37,40)/t23?,27-,34-/m0/s1. The van der Waals surface area contributed by atoms with Crippen LogP contribution in [0.1, 0.15) is 72.3 Å². The number of esters is 1. The molecule has 3 atom stereocenters. The van der Waals surface area contributed by atoms with E-state index in [0.717, 1.165) is 17.5 Å². The van der Waals surface area contributed by atoms with Crippen LogP contribution in [0.5, 0.6) is 5.75 Å². The third-order valence-electron chi connectivity index (χ3n) is 9.42. The van der Waals surface area contributed by atoms with Gasteiger partial charge in [0.25, 0.3) is 0 Å². The van der Waals surface area contributed by atoms with Gasteiger partial charge in [-0.05, 0) is 87.6 Å². The van der Waals surface area contributed by atoms with Gasteiger partial charge in [0.15, 0.2) is 0 Å². The average Bonchev–Trinajstić information content (AvgIpc) is 3.53. The molecule has 2 aromatic carbocycles. The zero-order valence-electron chi connectivity index (χ0n) is 27.1. The predicted octanol–water partition coefficient (Wildman–Crippen LogP) is 4.93. The molecule has 3 aromatic rings. The van der Waals surface area contributed by atoms with Crippen LogP contribution in [0.25, 0.3) is 11.0 Å². The maximum absolute atomic E-state index is 13.5. The van der Waals surface area contributed by atoms with Crippen molar-refractivity contribution < 1.29 is 32.3 Å². The number of amides is 1. The predicted molar refractivity (Wildman–Crippen MR) is 175 cm³/mol. The van der Waals surface area contributed by atoms with Gasteiger partial charge in [-0.25, -0.2) is 18.1 Å². The second-order valence-electron chi connectivity index (χ2n) is 14.1. The Morgan fingerprint density at radius 3 is 2.46 bits per heavy atom. The van der Waals surface area contributed by atoms with Gasteiger partial charge in [-0.15, -0.1) is 0 Å². The summed E-state index contributed by atoms with van der Waals surface area (Å²) in [6.45, 7) is 9.45. The highest BCUT2D eigenvalue weighted by Crippen LogP contribution is 2.64. The number of benzene rings is 2. The molecule has 0 radical (unpaired) electrons. The van der Waals surface area contributed by atoms with E-state index in [-0.39, 0.29) is 36.2 Å². The Balaban J connectivity index is 1.16. The Kier molecular flexibility index (Phi) is 9.34. The van der Waals surface area contributed by atoms with E-state index in [0.29, 0.717) is 43.1 Å². The van der Waals surface area contributed by atoms with E-state index in [1.165, 1.54) is 0 Å². The molecule has 2 fully saturated rings. The Hall–Kier alpha value is -3.77. The number of ether oxygens (including phenoxy) is 2.